The largest absolute Gasteiger partial charge is 0.625 e. The van der Waals surface area contributed by atoms with E-state index in [9.17, 15) is 5.21 Å². The minimum absolute atomic E-state index is 0.0833. The van der Waals surface area contributed by atoms with Gasteiger partial charge >= 0.3 is 1.41 Å². The Balaban J connectivity index is 3.68. The topological polar surface area (TPSA) is 37.0 Å². The lowest BCUT2D eigenvalue weighted by Gasteiger charge is -1.75. The molecular formula is C3H7NO. The predicted octanol–water partition coefficient (Wildman–Crippen LogP) is -0.954. The van der Waals surface area contributed by atoms with Crippen molar-refractivity contribution in [1.82, 2.24) is 0 Å². The Labute approximate surface area is 32.6 Å². The number of rotatable bonds is 0. The average molecular weight is 75.1 g/mol. The molecule has 0 fully saturated rings. The molecule has 0 aliphatic heterocycles. The van der Waals surface area contributed by atoms with E-state index in [2.05, 4.69) is 0 Å². The third kappa shape index (κ3) is 3.47. The minimum Gasteiger partial charge on any atom is -0.625 e. The third-order valence-electron chi connectivity index (χ3n) is 0.183. The van der Waals surface area contributed by atoms with Gasteiger partial charge in [-0.1, -0.05) is 0 Å². The minimum atomic E-state index is 0.0833. The van der Waals surface area contributed by atoms with Gasteiger partial charge in [-0.3, -0.25) is 0 Å². The first-order valence-corrected chi connectivity index (χ1v) is 1.41. The van der Waals surface area contributed by atoms with Crippen LogP contribution in [-0.4, -0.2) is 5.71 Å². The van der Waals surface area contributed by atoms with Gasteiger partial charge in [-0.2, -0.15) is 0 Å². The predicted molar refractivity (Wildman–Crippen MR) is 20.7 cm³/mol. The van der Waals surface area contributed by atoms with Crippen molar-refractivity contribution in [3.63, 3.8) is 0 Å². The second-order valence-electron chi connectivity index (χ2n) is 1.04. The van der Waals surface area contributed by atoms with Gasteiger partial charge in [-0.05, 0) is 0 Å². The second-order valence-corrected chi connectivity index (χ2v) is 1.04. The van der Waals surface area contributed by atoms with Crippen LogP contribution >= 0.6 is 0 Å². The van der Waals surface area contributed by atoms with E-state index in [0.717, 1.165) is 0 Å². The summed E-state index contributed by atoms with van der Waals surface area (Å²) in [6.45, 7) is 3.17. The summed E-state index contributed by atoms with van der Waals surface area (Å²) >= 11 is 0. The maximum Gasteiger partial charge on any atom is 0.462 e. The molecule has 0 aromatic rings. The Bertz CT molecular complexity index is 60.9. The SMILES string of the molecule is [3H][N+]([O-])=C(C)C. The highest BCUT2D eigenvalue weighted by atomic mass is 16.4. The van der Waals surface area contributed by atoms with Gasteiger partial charge in [0.25, 0.3) is 0 Å². The van der Waals surface area contributed by atoms with Crippen LogP contribution in [0.15, 0.2) is 0 Å². The lowest BCUT2D eigenvalue weighted by atomic mass is 10.5. The summed E-state index contributed by atoms with van der Waals surface area (Å²) in [5, 5.41) is 9.77. The zero-order valence-corrected chi connectivity index (χ0v) is 3.36. The van der Waals surface area contributed by atoms with Crippen LogP contribution < -0.4 is 5.15 Å². The van der Waals surface area contributed by atoms with Crippen LogP contribution in [-0.2, 0) is 0 Å². The Morgan fingerprint density at radius 3 is 2.20 bits per heavy atom. The molecule has 5 heavy (non-hydrogen) atoms. The fraction of sp³-hybridized carbons (Fsp3) is 0.667. The molecule has 0 aromatic carbocycles. The van der Waals surface area contributed by atoms with E-state index in [-0.39, 0.29) is 5.15 Å². The summed E-state index contributed by atoms with van der Waals surface area (Å²) in [6, 6.07) is 0. The molecule has 0 aromatic heterocycles. The fourth-order valence-electron chi connectivity index (χ4n) is 0. The molecule has 0 aliphatic rings. The highest BCUT2D eigenvalue weighted by Gasteiger charge is 1.69. The summed E-state index contributed by atoms with van der Waals surface area (Å²) in [7, 11) is 0. The molecule has 0 amide bonds. The molecule has 0 atom stereocenters. The lowest BCUT2D eigenvalue weighted by molar-refractivity contribution is -0.374. The van der Waals surface area contributed by atoms with Crippen molar-refractivity contribution in [3.8, 4) is 0 Å². The van der Waals surface area contributed by atoms with Crippen LogP contribution in [0.2, 0.25) is 1.41 Å². The highest BCUT2D eigenvalue weighted by molar-refractivity contribution is 5.72. The van der Waals surface area contributed by atoms with Crippen LogP contribution in [0, 0.1) is 5.21 Å². The maximum absolute atomic E-state index is 9.69. The molecular weight excluding hydrogens is 66.0 g/mol. The quantitative estimate of drug-likeness (QED) is 0.225. The summed E-state index contributed by atoms with van der Waals surface area (Å²) < 4.78 is 6.27. The Hall–Kier alpha value is -0.530. The van der Waals surface area contributed by atoms with Crippen molar-refractivity contribution >= 4 is 5.71 Å². The Morgan fingerprint density at radius 2 is 2.20 bits per heavy atom. The van der Waals surface area contributed by atoms with Crippen molar-refractivity contribution in [2.75, 3.05) is 0 Å². The molecule has 0 rings (SSSR count). The van der Waals surface area contributed by atoms with Gasteiger partial charge in [-0.25, -0.2) is 5.15 Å². The third-order valence-corrected chi connectivity index (χ3v) is 0.183. The Kier molecular flexibility index (Phi) is 0.947. The fourth-order valence-corrected chi connectivity index (χ4v) is 0. The molecule has 2 heteroatoms. The highest BCUT2D eigenvalue weighted by Crippen LogP contribution is 1.45. The van der Waals surface area contributed by atoms with Crippen LogP contribution in [0.25, 0.3) is 0 Å². The summed E-state index contributed by atoms with van der Waals surface area (Å²) in [5.74, 6) is 0. The standard InChI is InChI=1S/C3H7NO/c1-3(2)4-5/h4H,1-2H3/i4T. The van der Waals surface area contributed by atoms with Crippen LogP contribution in [0.4, 0.5) is 0 Å². The van der Waals surface area contributed by atoms with Crippen molar-refractivity contribution in [3.05, 3.63) is 5.21 Å². The van der Waals surface area contributed by atoms with E-state index in [1.165, 1.54) is 0 Å². The van der Waals surface area contributed by atoms with Gasteiger partial charge in [0.2, 0.25) is 0 Å². The van der Waals surface area contributed by atoms with Gasteiger partial charge in [0.1, 0.15) is 0 Å². The second kappa shape index (κ2) is 1.76. The number of hydrogen-bond acceptors (Lipinski definition) is 1. The summed E-state index contributed by atoms with van der Waals surface area (Å²) in [5.41, 5.74) is 0.454. The first kappa shape index (κ1) is 2.69. The molecule has 0 radical (unpaired) electrons. The molecule has 1 N–H and O–H groups in total. The molecule has 0 saturated carbocycles. The summed E-state index contributed by atoms with van der Waals surface area (Å²) in [6.07, 6.45) is 0. The first-order chi connectivity index (χ1) is 2.64. The maximum atomic E-state index is 9.69. The Morgan fingerprint density at radius 1 is 2.00 bits per heavy atom. The van der Waals surface area contributed by atoms with Crippen molar-refractivity contribution in [2.45, 2.75) is 13.8 Å². The molecule has 0 bridgehead atoms. The summed E-state index contributed by atoms with van der Waals surface area (Å²) in [4.78, 5) is 0. The van der Waals surface area contributed by atoms with Gasteiger partial charge in [0.05, 0.1) is 0 Å². The van der Waals surface area contributed by atoms with Crippen molar-refractivity contribution in [1.29, 1.82) is 0 Å². The van der Waals surface area contributed by atoms with E-state index in [1.54, 1.807) is 13.8 Å². The van der Waals surface area contributed by atoms with Crippen molar-refractivity contribution in [2.24, 2.45) is 0 Å². The van der Waals surface area contributed by atoms with Crippen molar-refractivity contribution < 1.29 is 6.56 Å². The average Bonchev–Trinajstić information content (AvgIpc) is 1.36. The van der Waals surface area contributed by atoms with E-state index in [4.69, 9.17) is 1.41 Å². The molecule has 30 valence electrons. The molecule has 0 saturated heterocycles. The van der Waals surface area contributed by atoms with Gasteiger partial charge in [0, 0.05) is 13.8 Å². The number of hydrogen-bond donors (Lipinski definition) is 1. The molecule has 0 aliphatic carbocycles. The zero-order chi connectivity index (χ0) is 5.15. The lowest BCUT2D eigenvalue weighted by Crippen LogP contribution is -2.63. The van der Waals surface area contributed by atoms with Gasteiger partial charge in [0.15, 0.2) is 5.71 Å². The number of nitrogens with one attached hydrogen (secondary N) is 1. The molecule has 0 heterocycles. The van der Waals surface area contributed by atoms with E-state index < -0.39 is 0 Å². The van der Waals surface area contributed by atoms with Crippen LogP contribution in [0.3, 0.4) is 0 Å². The smallest absolute Gasteiger partial charge is 0.462 e. The zero-order valence-electron chi connectivity index (χ0n) is 4.36. The monoisotopic (exact) mass is 75.1 g/mol. The van der Waals surface area contributed by atoms with Gasteiger partial charge < -0.3 is 5.21 Å². The van der Waals surface area contributed by atoms with Gasteiger partial charge in [-0.15, -0.1) is 0 Å². The van der Waals surface area contributed by atoms with Crippen LogP contribution in [0.5, 0.6) is 0 Å². The first-order valence-electron chi connectivity index (χ1n) is 1.85. The molecule has 2 nitrogen and oxygen atoms in total. The normalized spacial score (nSPS) is 9.60. The molecule has 0 unspecified atom stereocenters. The van der Waals surface area contributed by atoms with E-state index in [0.29, 0.717) is 5.71 Å². The van der Waals surface area contributed by atoms with Crippen LogP contribution in [0.1, 0.15) is 13.8 Å². The van der Waals surface area contributed by atoms with E-state index in [1.807, 2.05) is 0 Å². The van der Waals surface area contributed by atoms with E-state index >= 15 is 0 Å². The molecule has 0 spiro atoms.